The molecule has 1 saturated heterocycles. The average Bonchev–Trinajstić information content (AvgIpc) is 3.27. The number of rotatable bonds is 4. The van der Waals surface area contributed by atoms with Crippen molar-refractivity contribution < 1.29 is 24.0 Å². The molecule has 0 aromatic heterocycles. The van der Waals surface area contributed by atoms with E-state index in [4.69, 9.17) is 9.47 Å². The molecule has 0 radical (unpaired) electrons. The molecule has 2 aliphatic heterocycles. The Balaban J connectivity index is 1.41. The van der Waals surface area contributed by atoms with Gasteiger partial charge in [-0.3, -0.25) is 36.0 Å². The lowest BCUT2D eigenvalue weighted by atomic mass is 9.94. The summed E-state index contributed by atoms with van der Waals surface area (Å²) >= 11 is 0. The monoisotopic (exact) mass is 413 g/mol. The lowest BCUT2D eigenvalue weighted by molar-refractivity contribution is -0.384. The van der Waals surface area contributed by atoms with Crippen molar-refractivity contribution in [2.75, 3.05) is 19.8 Å². The van der Waals surface area contributed by atoms with Crippen LogP contribution in [0.1, 0.15) is 22.0 Å². The highest BCUT2D eigenvalue weighted by atomic mass is 16.6. The Morgan fingerprint density at radius 1 is 1.07 bits per heavy atom. The number of carbonyl (C=O) groups is 2. The van der Waals surface area contributed by atoms with Crippen LogP contribution in [0.3, 0.4) is 0 Å². The number of nitrogens with zero attached hydrogens (tertiary/aromatic N) is 1. The molecule has 156 valence electrons. The lowest BCUT2D eigenvalue weighted by Gasteiger charge is -2.22. The summed E-state index contributed by atoms with van der Waals surface area (Å²) in [4.78, 5) is 35.2. The molecule has 2 aliphatic rings. The second-order valence-corrected chi connectivity index (χ2v) is 6.76. The number of fused-ring (bicyclic) bond motifs is 1. The number of nitrogens with one attached hydrogen (secondary N) is 4. The molecule has 2 heterocycles. The summed E-state index contributed by atoms with van der Waals surface area (Å²) in [7, 11) is 0. The molecule has 0 saturated carbocycles. The quantitative estimate of drug-likeness (QED) is 0.421. The van der Waals surface area contributed by atoms with Crippen molar-refractivity contribution in [1.82, 2.24) is 21.7 Å². The van der Waals surface area contributed by atoms with Gasteiger partial charge in [-0.25, -0.2) is 5.43 Å². The third kappa shape index (κ3) is 4.02. The van der Waals surface area contributed by atoms with Crippen LogP contribution in [0.5, 0.6) is 11.5 Å². The number of hydrogen-bond donors (Lipinski definition) is 4. The standard InChI is InChI=1S/C19H19N5O6/c25-18(12-2-1-3-13(8-12)24(27)28)22-23-19(26)14-10-20-21-17(14)11-4-5-15-16(9-11)30-7-6-29-15/h1-5,8-9,14,17,20-21H,6-7,10H2,(H,22,25)(H,23,26). The highest BCUT2D eigenvalue weighted by Crippen LogP contribution is 2.35. The molecular formula is C19H19N5O6. The van der Waals surface area contributed by atoms with Crippen LogP contribution in [-0.4, -0.2) is 36.5 Å². The number of amides is 2. The first kappa shape index (κ1) is 19.6. The zero-order chi connectivity index (χ0) is 21.1. The van der Waals surface area contributed by atoms with Gasteiger partial charge in [-0.05, 0) is 23.8 Å². The van der Waals surface area contributed by atoms with Crippen molar-refractivity contribution >= 4 is 17.5 Å². The van der Waals surface area contributed by atoms with Crippen molar-refractivity contribution in [3.63, 3.8) is 0 Å². The van der Waals surface area contributed by atoms with Crippen molar-refractivity contribution in [3.8, 4) is 11.5 Å². The van der Waals surface area contributed by atoms with Crippen LogP contribution in [0.25, 0.3) is 0 Å². The van der Waals surface area contributed by atoms with Crippen LogP contribution in [0.4, 0.5) is 5.69 Å². The van der Waals surface area contributed by atoms with E-state index in [0.717, 1.165) is 11.6 Å². The smallest absolute Gasteiger partial charge is 0.270 e. The van der Waals surface area contributed by atoms with Gasteiger partial charge >= 0.3 is 0 Å². The normalized spacial score (nSPS) is 19.7. The van der Waals surface area contributed by atoms with E-state index in [0.29, 0.717) is 31.3 Å². The van der Waals surface area contributed by atoms with Gasteiger partial charge in [-0.2, -0.15) is 0 Å². The number of carbonyl (C=O) groups excluding carboxylic acids is 2. The Bertz CT molecular complexity index is 997. The van der Waals surface area contributed by atoms with Crippen LogP contribution in [0, 0.1) is 16.0 Å². The summed E-state index contributed by atoms with van der Waals surface area (Å²) in [5.41, 5.74) is 11.4. The summed E-state index contributed by atoms with van der Waals surface area (Å²) in [5.74, 6) is -0.308. The molecule has 0 aliphatic carbocycles. The Morgan fingerprint density at radius 2 is 1.87 bits per heavy atom. The summed E-state index contributed by atoms with van der Waals surface area (Å²) < 4.78 is 11.1. The fourth-order valence-corrected chi connectivity index (χ4v) is 3.35. The Morgan fingerprint density at radius 3 is 2.67 bits per heavy atom. The number of nitro benzene ring substituents is 1. The number of non-ortho nitro benzene ring substituents is 1. The number of hydrazine groups is 2. The van der Waals surface area contributed by atoms with E-state index in [1.165, 1.54) is 18.2 Å². The topological polar surface area (TPSA) is 144 Å². The van der Waals surface area contributed by atoms with Gasteiger partial charge in [0.05, 0.1) is 16.9 Å². The highest BCUT2D eigenvalue weighted by Gasteiger charge is 2.35. The molecule has 2 atom stereocenters. The number of hydrogen-bond acceptors (Lipinski definition) is 8. The largest absolute Gasteiger partial charge is 0.486 e. The first-order valence-corrected chi connectivity index (χ1v) is 9.25. The maximum atomic E-state index is 12.7. The van der Waals surface area contributed by atoms with Gasteiger partial charge in [0.2, 0.25) is 5.91 Å². The molecule has 11 nitrogen and oxygen atoms in total. The maximum absolute atomic E-state index is 12.7. The predicted molar refractivity (Wildman–Crippen MR) is 104 cm³/mol. The molecule has 2 amide bonds. The minimum atomic E-state index is -0.651. The van der Waals surface area contributed by atoms with E-state index in [-0.39, 0.29) is 17.3 Å². The SMILES string of the molecule is O=C(NNC(=O)C1CNNC1c1ccc2c(c1)OCCO2)c1cccc([N+](=O)[O-])c1. The van der Waals surface area contributed by atoms with Crippen LogP contribution >= 0.6 is 0 Å². The highest BCUT2D eigenvalue weighted by molar-refractivity contribution is 5.96. The first-order valence-electron chi connectivity index (χ1n) is 9.25. The van der Waals surface area contributed by atoms with Gasteiger partial charge in [0.15, 0.2) is 11.5 Å². The third-order valence-corrected chi connectivity index (χ3v) is 4.86. The van der Waals surface area contributed by atoms with Crippen LogP contribution in [0.15, 0.2) is 42.5 Å². The van der Waals surface area contributed by atoms with Gasteiger partial charge < -0.3 is 9.47 Å². The van der Waals surface area contributed by atoms with Crippen molar-refractivity contribution in [2.24, 2.45) is 5.92 Å². The molecule has 2 unspecified atom stereocenters. The molecule has 2 aromatic carbocycles. The van der Waals surface area contributed by atoms with Crippen molar-refractivity contribution in [3.05, 3.63) is 63.7 Å². The van der Waals surface area contributed by atoms with E-state index in [2.05, 4.69) is 21.7 Å². The molecule has 1 fully saturated rings. The molecule has 2 aromatic rings. The van der Waals surface area contributed by atoms with Gasteiger partial charge in [0.1, 0.15) is 13.2 Å². The van der Waals surface area contributed by atoms with E-state index < -0.39 is 22.7 Å². The maximum Gasteiger partial charge on any atom is 0.270 e. The minimum absolute atomic E-state index is 0.0653. The summed E-state index contributed by atoms with van der Waals surface area (Å²) in [6.45, 7) is 1.29. The van der Waals surface area contributed by atoms with Crippen molar-refractivity contribution in [2.45, 2.75) is 6.04 Å². The molecule has 0 bridgehead atoms. The lowest BCUT2D eigenvalue weighted by Crippen LogP contribution is -2.46. The van der Waals surface area contributed by atoms with E-state index in [1.807, 2.05) is 12.1 Å². The zero-order valence-corrected chi connectivity index (χ0v) is 15.7. The fourth-order valence-electron chi connectivity index (χ4n) is 3.35. The average molecular weight is 413 g/mol. The molecular weight excluding hydrogens is 394 g/mol. The Hall–Kier alpha value is -3.70. The van der Waals surface area contributed by atoms with Crippen molar-refractivity contribution in [1.29, 1.82) is 0 Å². The second-order valence-electron chi connectivity index (χ2n) is 6.76. The first-order chi connectivity index (χ1) is 14.5. The van der Waals surface area contributed by atoms with Crippen LogP contribution in [0.2, 0.25) is 0 Å². The predicted octanol–water partition coefficient (Wildman–Crippen LogP) is 0.592. The van der Waals surface area contributed by atoms with Gasteiger partial charge in [-0.15, -0.1) is 0 Å². The summed E-state index contributed by atoms with van der Waals surface area (Å²) in [6, 6.07) is 10.4. The molecule has 0 spiro atoms. The fraction of sp³-hybridized carbons (Fsp3) is 0.263. The Kier molecular flexibility index (Phi) is 5.46. The number of nitro groups is 1. The van der Waals surface area contributed by atoms with Crippen LogP contribution < -0.4 is 31.2 Å². The third-order valence-electron chi connectivity index (χ3n) is 4.86. The van der Waals surface area contributed by atoms with E-state index in [1.54, 1.807) is 6.07 Å². The van der Waals surface area contributed by atoms with Crippen LogP contribution in [-0.2, 0) is 4.79 Å². The number of benzene rings is 2. The second kappa shape index (κ2) is 8.35. The Labute approximate surface area is 170 Å². The summed E-state index contributed by atoms with van der Waals surface area (Å²) in [6.07, 6.45) is 0. The van der Waals surface area contributed by atoms with Gasteiger partial charge in [0, 0.05) is 24.2 Å². The van der Waals surface area contributed by atoms with Gasteiger partial charge in [0.25, 0.3) is 11.6 Å². The van der Waals surface area contributed by atoms with E-state index >= 15 is 0 Å². The number of ether oxygens (including phenoxy) is 2. The molecule has 11 heteroatoms. The minimum Gasteiger partial charge on any atom is -0.486 e. The van der Waals surface area contributed by atoms with Gasteiger partial charge in [-0.1, -0.05) is 12.1 Å². The molecule has 30 heavy (non-hydrogen) atoms. The molecule has 4 rings (SSSR count). The summed E-state index contributed by atoms with van der Waals surface area (Å²) in [5, 5.41) is 10.8. The van der Waals surface area contributed by atoms with E-state index in [9.17, 15) is 19.7 Å². The zero-order valence-electron chi connectivity index (χ0n) is 15.7. The molecule has 4 N–H and O–H groups in total.